The number of phosphoric ester groups is 1. The Hall–Kier alpha value is -1.29. The Kier molecular flexibility index (Phi) is 45.7. The molecule has 0 amide bonds. The zero-order chi connectivity index (χ0) is 44.8. The van der Waals surface area contributed by atoms with Gasteiger partial charge in [-0.3, -0.25) is 18.6 Å². The molecule has 0 radical (unpaired) electrons. The summed E-state index contributed by atoms with van der Waals surface area (Å²) in [6.07, 6.45) is 47.6. The van der Waals surface area contributed by atoms with E-state index in [0.29, 0.717) is 12.8 Å². The van der Waals surface area contributed by atoms with Gasteiger partial charge in [0.05, 0.1) is 19.8 Å². The number of carbonyl (C=O) groups is 2. The minimum Gasteiger partial charge on any atom is -0.462 e. The molecule has 0 rings (SSSR count). The van der Waals surface area contributed by atoms with Crippen LogP contribution in [0.4, 0.5) is 0 Å². The largest absolute Gasteiger partial charge is 0.472 e. The van der Waals surface area contributed by atoms with Crippen molar-refractivity contribution in [3.05, 3.63) is 12.2 Å². The summed E-state index contributed by atoms with van der Waals surface area (Å²) >= 11 is 0. The van der Waals surface area contributed by atoms with E-state index in [2.05, 4.69) is 26.0 Å². The minimum absolute atomic E-state index is 0.159. The highest BCUT2D eigenvalue weighted by Crippen LogP contribution is 2.43. The van der Waals surface area contributed by atoms with E-state index in [9.17, 15) is 24.2 Å². The Morgan fingerprint density at radius 3 is 1.21 bits per heavy atom. The minimum atomic E-state index is -4.62. The van der Waals surface area contributed by atoms with Crippen molar-refractivity contribution in [2.45, 2.75) is 270 Å². The predicted molar refractivity (Wildman–Crippen MR) is 252 cm³/mol. The summed E-state index contributed by atoms with van der Waals surface area (Å²) < 4.78 is 32.8. The lowest BCUT2D eigenvalue weighted by atomic mass is 10.0. The Balaban J connectivity index is 4.11. The van der Waals surface area contributed by atoms with Crippen LogP contribution in [0.25, 0.3) is 0 Å². The molecule has 0 spiro atoms. The molecule has 0 aromatic heterocycles. The summed E-state index contributed by atoms with van der Waals surface area (Å²) in [5.41, 5.74) is 0. The molecule has 10 nitrogen and oxygen atoms in total. The Bertz CT molecular complexity index is 1020. The molecule has 3 N–H and O–H groups in total. The lowest BCUT2D eigenvalue weighted by Gasteiger charge is -2.20. The van der Waals surface area contributed by atoms with Crippen LogP contribution < -0.4 is 0 Å². The predicted octanol–water partition coefficient (Wildman–Crippen LogP) is 14.3. The third kappa shape index (κ3) is 46.5. The maximum atomic E-state index is 12.6. The van der Waals surface area contributed by atoms with E-state index < -0.39 is 51.8 Å². The molecule has 0 aliphatic rings. The van der Waals surface area contributed by atoms with Crippen molar-refractivity contribution in [2.75, 3.05) is 26.4 Å². The highest BCUT2D eigenvalue weighted by atomic mass is 31.2. The molecule has 0 aromatic rings. The third-order valence-corrected chi connectivity index (χ3v) is 12.4. The van der Waals surface area contributed by atoms with Crippen molar-refractivity contribution in [2.24, 2.45) is 0 Å². The third-order valence-electron chi connectivity index (χ3n) is 11.4. The maximum Gasteiger partial charge on any atom is 0.472 e. The van der Waals surface area contributed by atoms with Gasteiger partial charge in [0.15, 0.2) is 6.10 Å². The molecular formula is C50H97O10P. The SMILES string of the molecule is CCCCCCCCCCC/C=C/CCCCC(=O)O[C@@H](COC(=O)CCCCCCCCCCCCCCCCCCCCCCCCC)COP(=O)(O)OC[C@H](O)CO. The number of ether oxygens (including phenoxy) is 2. The number of allylic oxidation sites excluding steroid dienone is 2. The van der Waals surface area contributed by atoms with E-state index in [-0.39, 0.29) is 19.4 Å². The zero-order valence-electron chi connectivity index (χ0n) is 39.7. The molecule has 0 aromatic carbocycles. The van der Waals surface area contributed by atoms with Gasteiger partial charge in [0.25, 0.3) is 0 Å². The van der Waals surface area contributed by atoms with Gasteiger partial charge < -0.3 is 24.6 Å². The van der Waals surface area contributed by atoms with Crippen LogP contribution in [-0.4, -0.2) is 65.7 Å². The standard InChI is InChI=1S/C50H97O10P/c1-3-5-7-9-11-13-15-17-19-20-21-22-23-24-25-26-28-29-31-33-35-37-39-41-49(53)57-45-48(46-59-61(55,56)58-44-47(52)43-51)60-50(54)42-40-38-36-34-32-30-27-18-16-14-12-10-8-6-4-2/h32,34,47-48,51-52H,3-31,33,35-46H2,1-2H3,(H,55,56)/b34-32+/t47-,48+/m1/s1. The summed E-state index contributed by atoms with van der Waals surface area (Å²) in [6.45, 7) is 2.41. The summed E-state index contributed by atoms with van der Waals surface area (Å²) in [5, 5.41) is 18.4. The van der Waals surface area contributed by atoms with Gasteiger partial charge in [-0.1, -0.05) is 219 Å². The molecule has 1 unspecified atom stereocenters. The Labute approximate surface area is 375 Å². The van der Waals surface area contributed by atoms with E-state index in [1.165, 1.54) is 180 Å². The first-order chi connectivity index (χ1) is 29.7. The second kappa shape index (κ2) is 46.7. The summed E-state index contributed by atoms with van der Waals surface area (Å²) in [4.78, 5) is 35.1. The molecule has 3 atom stereocenters. The topological polar surface area (TPSA) is 149 Å². The van der Waals surface area contributed by atoms with Gasteiger partial charge in [-0.25, -0.2) is 4.57 Å². The van der Waals surface area contributed by atoms with Gasteiger partial charge in [0.1, 0.15) is 12.7 Å². The number of esters is 2. The van der Waals surface area contributed by atoms with Crippen molar-refractivity contribution in [1.29, 1.82) is 0 Å². The van der Waals surface area contributed by atoms with Crippen LogP contribution in [-0.2, 0) is 32.7 Å². The van der Waals surface area contributed by atoms with Crippen LogP contribution in [0.2, 0.25) is 0 Å². The molecule has 0 saturated carbocycles. The zero-order valence-corrected chi connectivity index (χ0v) is 40.5. The summed E-state index contributed by atoms with van der Waals surface area (Å²) in [5.74, 6) is -0.934. The van der Waals surface area contributed by atoms with Gasteiger partial charge in [-0.05, 0) is 38.5 Å². The van der Waals surface area contributed by atoms with Gasteiger partial charge in [-0.2, -0.15) is 0 Å². The van der Waals surface area contributed by atoms with Gasteiger partial charge in [0, 0.05) is 12.8 Å². The molecule has 0 saturated heterocycles. The fraction of sp³-hybridized carbons (Fsp3) is 0.920. The number of phosphoric acid groups is 1. The molecule has 0 fully saturated rings. The van der Waals surface area contributed by atoms with Crippen molar-refractivity contribution in [1.82, 2.24) is 0 Å². The van der Waals surface area contributed by atoms with E-state index in [4.69, 9.17) is 23.6 Å². The van der Waals surface area contributed by atoms with Crippen LogP contribution in [0.1, 0.15) is 258 Å². The first-order valence-electron chi connectivity index (χ1n) is 25.6. The smallest absolute Gasteiger partial charge is 0.462 e. The first-order valence-corrected chi connectivity index (χ1v) is 27.1. The van der Waals surface area contributed by atoms with Crippen molar-refractivity contribution < 1.29 is 47.8 Å². The molecule has 0 bridgehead atoms. The van der Waals surface area contributed by atoms with Crippen LogP contribution in [0.3, 0.4) is 0 Å². The monoisotopic (exact) mass is 889 g/mol. The van der Waals surface area contributed by atoms with Crippen LogP contribution in [0.5, 0.6) is 0 Å². The second-order valence-electron chi connectivity index (χ2n) is 17.6. The Morgan fingerprint density at radius 1 is 0.475 bits per heavy atom. The van der Waals surface area contributed by atoms with Gasteiger partial charge in [-0.15, -0.1) is 0 Å². The normalized spacial score (nSPS) is 13.7. The summed E-state index contributed by atoms with van der Waals surface area (Å²) in [6, 6.07) is 0. The van der Waals surface area contributed by atoms with Crippen molar-refractivity contribution in [3.63, 3.8) is 0 Å². The highest BCUT2D eigenvalue weighted by molar-refractivity contribution is 7.47. The lowest BCUT2D eigenvalue weighted by Crippen LogP contribution is -2.29. The number of aliphatic hydroxyl groups excluding tert-OH is 2. The van der Waals surface area contributed by atoms with Crippen molar-refractivity contribution in [3.8, 4) is 0 Å². The van der Waals surface area contributed by atoms with Crippen LogP contribution in [0, 0.1) is 0 Å². The lowest BCUT2D eigenvalue weighted by molar-refractivity contribution is -0.161. The van der Waals surface area contributed by atoms with E-state index in [1.54, 1.807) is 0 Å². The quantitative estimate of drug-likeness (QED) is 0.0233. The molecule has 11 heteroatoms. The van der Waals surface area contributed by atoms with Gasteiger partial charge in [0.2, 0.25) is 0 Å². The fourth-order valence-corrected chi connectivity index (χ4v) is 8.25. The molecule has 0 heterocycles. The van der Waals surface area contributed by atoms with Gasteiger partial charge >= 0.3 is 19.8 Å². The highest BCUT2D eigenvalue weighted by Gasteiger charge is 2.27. The molecule has 0 aliphatic carbocycles. The van der Waals surface area contributed by atoms with Crippen LogP contribution in [0.15, 0.2) is 12.2 Å². The van der Waals surface area contributed by atoms with E-state index in [1.807, 2.05) is 0 Å². The van der Waals surface area contributed by atoms with Crippen LogP contribution >= 0.6 is 7.82 Å². The average molecular weight is 889 g/mol. The molecule has 362 valence electrons. The average Bonchev–Trinajstić information content (AvgIpc) is 3.25. The molecule has 61 heavy (non-hydrogen) atoms. The number of unbranched alkanes of at least 4 members (excludes halogenated alkanes) is 33. The fourth-order valence-electron chi connectivity index (χ4n) is 7.46. The number of hydrogen-bond acceptors (Lipinski definition) is 9. The number of rotatable bonds is 49. The van der Waals surface area contributed by atoms with E-state index >= 15 is 0 Å². The molecule has 0 aliphatic heterocycles. The van der Waals surface area contributed by atoms with Crippen molar-refractivity contribution >= 4 is 19.8 Å². The van der Waals surface area contributed by atoms with E-state index in [0.717, 1.165) is 38.5 Å². The number of aliphatic hydroxyl groups is 2. The number of carbonyl (C=O) groups excluding carboxylic acids is 2. The second-order valence-corrected chi connectivity index (χ2v) is 19.0. The summed E-state index contributed by atoms with van der Waals surface area (Å²) in [7, 11) is -4.62. The number of hydrogen-bond donors (Lipinski definition) is 3. The Morgan fingerprint density at radius 2 is 0.803 bits per heavy atom. The maximum absolute atomic E-state index is 12.6. The first kappa shape index (κ1) is 59.7. The molecular weight excluding hydrogens is 792 g/mol.